The van der Waals surface area contributed by atoms with Gasteiger partial charge in [0.25, 0.3) is 5.91 Å². The van der Waals surface area contributed by atoms with Crippen LogP contribution >= 0.6 is 0 Å². The van der Waals surface area contributed by atoms with Crippen LogP contribution in [0.4, 0.5) is 18.9 Å². The lowest BCUT2D eigenvalue weighted by Gasteiger charge is -2.12. The van der Waals surface area contributed by atoms with Crippen LogP contribution in [0.5, 0.6) is 0 Å². The van der Waals surface area contributed by atoms with Crippen LogP contribution in [0.15, 0.2) is 48.5 Å². The minimum absolute atomic E-state index is 0.0844. The highest BCUT2D eigenvalue weighted by atomic mass is 19.4. The number of nitrogens with zero attached hydrogens (tertiary/aromatic N) is 1. The van der Waals surface area contributed by atoms with Crippen molar-refractivity contribution in [2.24, 2.45) is 5.92 Å². The maximum Gasteiger partial charge on any atom is 0.416 e. The molecule has 3 rings (SSSR count). The van der Waals surface area contributed by atoms with Crippen LogP contribution in [0.1, 0.15) is 33.8 Å². The Kier molecular flexibility index (Phi) is 4.95. The predicted octanol–water partition coefficient (Wildman–Crippen LogP) is 4.15. The fraction of sp³-hybridized carbons (Fsp3) is 0.300. The molecular formula is C20H19F3N2O2. The van der Waals surface area contributed by atoms with Gasteiger partial charge in [0.2, 0.25) is 5.91 Å². The summed E-state index contributed by atoms with van der Waals surface area (Å²) in [6.07, 6.45) is -3.78. The quantitative estimate of drug-likeness (QED) is 0.872. The summed E-state index contributed by atoms with van der Waals surface area (Å²) >= 11 is 0. The van der Waals surface area contributed by atoms with E-state index in [1.54, 1.807) is 38.4 Å². The molecule has 0 aromatic heterocycles. The molecule has 1 aliphatic carbocycles. The van der Waals surface area contributed by atoms with E-state index in [0.29, 0.717) is 17.7 Å². The van der Waals surface area contributed by atoms with Crippen molar-refractivity contribution in [1.82, 2.24) is 4.90 Å². The van der Waals surface area contributed by atoms with Crippen molar-refractivity contribution >= 4 is 17.5 Å². The van der Waals surface area contributed by atoms with Crippen LogP contribution in [0.3, 0.4) is 0 Å². The summed E-state index contributed by atoms with van der Waals surface area (Å²) < 4.78 is 37.9. The van der Waals surface area contributed by atoms with Gasteiger partial charge in [0.15, 0.2) is 0 Å². The van der Waals surface area contributed by atoms with E-state index in [-0.39, 0.29) is 23.7 Å². The van der Waals surface area contributed by atoms with E-state index in [1.165, 1.54) is 17.0 Å². The maximum absolute atomic E-state index is 12.6. The minimum atomic E-state index is -4.37. The molecule has 0 radical (unpaired) electrons. The van der Waals surface area contributed by atoms with Gasteiger partial charge in [0.05, 0.1) is 5.56 Å². The number of anilines is 1. The molecule has 0 heterocycles. The van der Waals surface area contributed by atoms with Crippen LogP contribution < -0.4 is 5.32 Å². The molecule has 4 nitrogen and oxygen atoms in total. The summed E-state index contributed by atoms with van der Waals surface area (Å²) in [7, 11) is 3.29. The van der Waals surface area contributed by atoms with E-state index in [2.05, 4.69) is 5.32 Å². The molecule has 2 atom stereocenters. The first-order valence-electron chi connectivity index (χ1n) is 8.46. The normalized spacial score (nSPS) is 18.7. The number of carbonyl (C=O) groups excluding carboxylic acids is 2. The van der Waals surface area contributed by atoms with Crippen molar-refractivity contribution in [2.75, 3.05) is 19.4 Å². The molecule has 142 valence electrons. The Morgan fingerprint density at radius 3 is 2.33 bits per heavy atom. The summed E-state index contributed by atoms with van der Waals surface area (Å²) in [5.41, 5.74) is 1.01. The molecule has 0 saturated heterocycles. The van der Waals surface area contributed by atoms with Gasteiger partial charge in [-0.05, 0) is 48.2 Å². The molecular weight excluding hydrogens is 357 g/mol. The number of halogens is 3. The van der Waals surface area contributed by atoms with Crippen molar-refractivity contribution in [3.63, 3.8) is 0 Å². The van der Waals surface area contributed by atoms with Crippen LogP contribution in [0, 0.1) is 5.92 Å². The van der Waals surface area contributed by atoms with E-state index in [9.17, 15) is 22.8 Å². The van der Waals surface area contributed by atoms with Gasteiger partial charge in [0, 0.05) is 31.3 Å². The van der Waals surface area contributed by atoms with E-state index in [0.717, 1.165) is 17.7 Å². The zero-order valence-corrected chi connectivity index (χ0v) is 14.9. The minimum Gasteiger partial charge on any atom is -0.345 e. The largest absolute Gasteiger partial charge is 0.416 e. The molecule has 0 aliphatic heterocycles. The Morgan fingerprint density at radius 2 is 1.74 bits per heavy atom. The maximum atomic E-state index is 12.6. The van der Waals surface area contributed by atoms with Crippen molar-refractivity contribution in [3.05, 3.63) is 65.2 Å². The van der Waals surface area contributed by atoms with E-state index >= 15 is 0 Å². The van der Waals surface area contributed by atoms with Gasteiger partial charge in [0.1, 0.15) is 0 Å². The zero-order chi connectivity index (χ0) is 19.8. The number of amides is 2. The second-order valence-electron chi connectivity index (χ2n) is 6.84. The highest BCUT2D eigenvalue weighted by Gasteiger charge is 2.44. The molecule has 2 aromatic carbocycles. The first-order valence-corrected chi connectivity index (χ1v) is 8.46. The van der Waals surface area contributed by atoms with Crippen LogP contribution in [-0.2, 0) is 11.0 Å². The van der Waals surface area contributed by atoms with Crippen LogP contribution in [-0.4, -0.2) is 30.8 Å². The molecule has 2 amide bonds. The number of benzene rings is 2. The highest BCUT2D eigenvalue weighted by molar-refractivity contribution is 5.98. The van der Waals surface area contributed by atoms with Gasteiger partial charge >= 0.3 is 6.18 Å². The zero-order valence-electron chi connectivity index (χ0n) is 14.9. The highest BCUT2D eigenvalue weighted by Crippen LogP contribution is 2.48. The van der Waals surface area contributed by atoms with Gasteiger partial charge in [-0.15, -0.1) is 0 Å². The summed E-state index contributed by atoms with van der Waals surface area (Å²) in [5, 5.41) is 2.78. The first-order chi connectivity index (χ1) is 12.7. The monoisotopic (exact) mass is 376 g/mol. The molecule has 1 aliphatic rings. The van der Waals surface area contributed by atoms with Crippen LogP contribution in [0.2, 0.25) is 0 Å². The van der Waals surface area contributed by atoms with Gasteiger partial charge < -0.3 is 10.2 Å². The van der Waals surface area contributed by atoms with Gasteiger partial charge in [-0.3, -0.25) is 9.59 Å². The summed E-state index contributed by atoms with van der Waals surface area (Å²) in [5.74, 6) is -0.733. The summed E-state index contributed by atoms with van der Waals surface area (Å²) in [4.78, 5) is 25.9. The number of hydrogen-bond donors (Lipinski definition) is 1. The third-order valence-electron chi connectivity index (χ3n) is 4.58. The Bertz CT molecular complexity index is 860. The van der Waals surface area contributed by atoms with Gasteiger partial charge in [-0.2, -0.15) is 13.2 Å². The van der Waals surface area contributed by atoms with E-state index < -0.39 is 11.7 Å². The predicted molar refractivity (Wildman–Crippen MR) is 95.4 cm³/mol. The molecule has 2 unspecified atom stereocenters. The molecule has 1 saturated carbocycles. The number of rotatable bonds is 4. The Balaban J connectivity index is 1.64. The van der Waals surface area contributed by atoms with Crippen molar-refractivity contribution in [1.29, 1.82) is 0 Å². The average molecular weight is 376 g/mol. The third kappa shape index (κ3) is 4.30. The van der Waals surface area contributed by atoms with Crippen molar-refractivity contribution in [3.8, 4) is 0 Å². The van der Waals surface area contributed by atoms with Crippen molar-refractivity contribution < 1.29 is 22.8 Å². The lowest BCUT2D eigenvalue weighted by atomic mass is 10.1. The SMILES string of the molecule is CN(C)C(=O)c1cccc(NC(=O)C2CC2c2ccc(C(F)(F)F)cc2)c1. The summed E-state index contributed by atoms with van der Waals surface area (Å²) in [6.45, 7) is 0. The lowest BCUT2D eigenvalue weighted by molar-refractivity contribution is -0.137. The van der Waals surface area contributed by atoms with Gasteiger partial charge in [-0.25, -0.2) is 0 Å². The number of carbonyl (C=O) groups is 2. The second kappa shape index (κ2) is 7.06. The fourth-order valence-electron chi connectivity index (χ4n) is 3.00. The molecule has 1 N–H and O–H groups in total. The molecule has 0 bridgehead atoms. The second-order valence-corrected chi connectivity index (χ2v) is 6.84. The molecule has 1 fully saturated rings. The van der Waals surface area contributed by atoms with E-state index in [4.69, 9.17) is 0 Å². The number of hydrogen-bond acceptors (Lipinski definition) is 2. The smallest absolute Gasteiger partial charge is 0.345 e. The third-order valence-corrected chi connectivity index (χ3v) is 4.58. The lowest BCUT2D eigenvalue weighted by Crippen LogP contribution is -2.22. The van der Waals surface area contributed by atoms with Gasteiger partial charge in [-0.1, -0.05) is 18.2 Å². The Morgan fingerprint density at radius 1 is 1.07 bits per heavy atom. The van der Waals surface area contributed by atoms with E-state index in [1.807, 2.05) is 0 Å². The topological polar surface area (TPSA) is 49.4 Å². The Labute approximate surface area is 155 Å². The van der Waals surface area contributed by atoms with Crippen molar-refractivity contribution in [2.45, 2.75) is 18.5 Å². The molecule has 7 heteroatoms. The van der Waals surface area contributed by atoms with Crippen LogP contribution in [0.25, 0.3) is 0 Å². The average Bonchev–Trinajstić information content (AvgIpc) is 3.41. The molecule has 27 heavy (non-hydrogen) atoms. The number of nitrogens with one attached hydrogen (secondary N) is 1. The first kappa shape index (κ1) is 18.9. The molecule has 0 spiro atoms. The number of alkyl halides is 3. The summed E-state index contributed by atoms with van der Waals surface area (Å²) in [6, 6.07) is 11.6. The fourth-order valence-corrected chi connectivity index (χ4v) is 3.00. The Hall–Kier alpha value is -2.83. The standard InChI is InChI=1S/C20H19F3N2O2/c1-25(2)19(27)13-4-3-5-15(10-13)24-18(26)17-11-16(17)12-6-8-14(9-7-12)20(21,22)23/h3-10,16-17H,11H2,1-2H3,(H,24,26). The molecule has 2 aromatic rings.